The molecule has 0 bridgehead atoms. The second-order valence-corrected chi connectivity index (χ2v) is 11.8. The van der Waals surface area contributed by atoms with Gasteiger partial charge in [-0.3, -0.25) is 0 Å². The van der Waals surface area contributed by atoms with Crippen molar-refractivity contribution in [2.24, 2.45) is 0 Å². The Bertz CT molecular complexity index is 505. The molecule has 1 saturated heterocycles. The fourth-order valence-corrected chi connectivity index (χ4v) is 9.48. The predicted octanol–water partition coefficient (Wildman–Crippen LogP) is 5.63. The van der Waals surface area contributed by atoms with E-state index in [0.29, 0.717) is 11.1 Å². The highest BCUT2D eigenvalue weighted by Gasteiger charge is 2.51. The standard InChI is InChI=1S/C18H21ClSi/c1-2-20(19)17(15-9-5-3-6-10-15)13-14-18(20)16-11-7-4-8-12-16/h3-12,17-18H,2,13-14H2,1H3/t17-,18-/m1/s1. The molecule has 0 aliphatic carbocycles. The van der Waals surface area contributed by atoms with Crippen molar-refractivity contribution in [3.8, 4) is 0 Å². The van der Waals surface area contributed by atoms with Crippen molar-refractivity contribution in [3.05, 3.63) is 71.8 Å². The lowest BCUT2D eigenvalue weighted by molar-refractivity contribution is 0.765. The Labute approximate surface area is 127 Å². The van der Waals surface area contributed by atoms with Crippen LogP contribution >= 0.6 is 11.1 Å². The molecule has 2 atom stereocenters. The average molecular weight is 301 g/mol. The summed E-state index contributed by atoms with van der Waals surface area (Å²) in [6, 6.07) is 23.0. The topological polar surface area (TPSA) is 0 Å². The Kier molecular flexibility index (Phi) is 4.00. The molecule has 20 heavy (non-hydrogen) atoms. The van der Waals surface area contributed by atoms with Gasteiger partial charge in [0.15, 0.2) is 7.38 Å². The van der Waals surface area contributed by atoms with Gasteiger partial charge in [0.05, 0.1) is 0 Å². The SMILES string of the molecule is CC[Si]1(Cl)[C@@H](c2ccccc2)CC[C@@H]1c1ccccc1. The highest BCUT2D eigenvalue weighted by atomic mass is 35.6. The quantitative estimate of drug-likeness (QED) is 0.509. The second kappa shape index (κ2) is 5.75. The van der Waals surface area contributed by atoms with Crippen LogP contribution in [0.1, 0.15) is 42.0 Å². The molecule has 3 rings (SSSR count). The zero-order chi connectivity index (χ0) is 14.0. The number of hydrogen-bond acceptors (Lipinski definition) is 0. The van der Waals surface area contributed by atoms with Crippen LogP contribution in [0.5, 0.6) is 0 Å². The van der Waals surface area contributed by atoms with Crippen LogP contribution in [0.25, 0.3) is 0 Å². The third-order valence-electron chi connectivity index (χ3n) is 4.85. The van der Waals surface area contributed by atoms with Crippen LogP contribution in [0, 0.1) is 0 Å². The van der Waals surface area contributed by atoms with Gasteiger partial charge in [0.1, 0.15) is 0 Å². The van der Waals surface area contributed by atoms with Crippen molar-refractivity contribution < 1.29 is 0 Å². The van der Waals surface area contributed by atoms with Crippen LogP contribution in [-0.4, -0.2) is 7.38 Å². The average Bonchev–Trinajstić information content (AvgIpc) is 2.87. The van der Waals surface area contributed by atoms with E-state index in [4.69, 9.17) is 11.1 Å². The molecule has 2 heteroatoms. The largest absolute Gasteiger partial charge is 0.170 e. The first-order valence-corrected chi connectivity index (χ1v) is 10.9. The molecule has 104 valence electrons. The lowest BCUT2D eigenvalue weighted by Crippen LogP contribution is -2.36. The van der Waals surface area contributed by atoms with E-state index in [2.05, 4.69) is 67.6 Å². The first-order valence-electron chi connectivity index (χ1n) is 7.54. The van der Waals surface area contributed by atoms with Gasteiger partial charge in [0.25, 0.3) is 0 Å². The lowest BCUT2D eigenvalue weighted by atomic mass is 10.0. The Morgan fingerprint density at radius 3 is 1.60 bits per heavy atom. The van der Waals surface area contributed by atoms with Crippen LogP contribution in [0.15, 0.2) is 60.7 Å². The predicted molar refractivity (Wildman–Crippen MR) is 89.7 cm³/mol. The molecule has 2 aromatic carbocycles. The molecule has 1 fully saturated rings. The highest BCUT2D eigenvalue weighted by Crippen LogP contribution is 2.53. The summed E-state index contributed by atoms with van der Waals surface area (Å²) in [5.74, 6) is 0. The van der Waals surface area contributed by atoms with Gasteiger partial charge < -0.3 is 0 Å². The molecule has 1 heterocycles. The Morgan fingerprint density at radius 2 is 1.25 bits per heavy atom. The first-order chi connectivity index (χ1) is 9.75. The van der Waals surface area contributed by atoms with Gasteiger partial charge in [-0.05, 0) is 41.1 Å². The summed E-state index contributed by atoms with van der Waals surface area (Å²) in [6.45, 7) is 2.29. The first kappa shape index (κ1) is 13.9. The van der Waals surface area contributed by atoms with E-state index in [1.807, 2.05) is 0 Å². The fourth-order valence-electron chi connectivity index (χ4n) is 3.81. The van der Waals surface area contributed by atoms with Crippen molar-refractivity contribution in [1.29, 1.82) is 0 Å². The summed E-state index contributed by atoms with van der Waals surface area (Å²) < 4.78 is 0. The Hall–Kier alpha value is -1.05. The lowest BCUT2D eigenvalue weighted by Gasteiger charge is -2.31. The monoisotopic (exact) mass is 300 g/mol. The third-order valence-corrected chi connectivity index (χ3v) is 11.9. The van der Waals surface area contributed by atoms with E-state index in [1.165, 1.54) is 24.0 Å². The molecule has 0 N–H and O–H groups in total. The van der Waals surface area contributed by atoms with Gasteiger partial charge in [-0.1, -0.05) is 67.6 Å². The highest BCUT2D eigenvalue weighted by molar-refractivity contribution is 7.22. The Balaban J connectivity index is 1.97. The fraction of sp³-hybridized carbons (Fsp3) is 0.333. The molecule has 0 saturated carbocycles. The van der Waals surface area contributed by atoms with Gasteiger partial charge in [0.2, 0.25) is 0 Å². The maximum atomic E-state index is 7.30. The maximum absolute atomic E-state index is 7.30. The molecular weight excluding hydrogens is 280 g/mol. The van der Waals surface area contributed by atoms with Crippen LogP contribution in [0.2, 0.25) is 6.04 Å². The minimum Gasteiger partial charge on any atom is -0.166 e. The van der Waals surface area contributed by atoms with E-state index < -0.39 is 7.38 Å². The van der Waals surface area contributed by atoms with E-state index in [0.717, 1.165) is 6.04 Å². The smallest absolute Gasteiger partial charge is 0.166 e. The van der Waals surface area contributed by atoms with Crippen molar-refractivity contribution in [1.82, 2.24) is 0 Å². The van der Waals surface area contributed by atoms with Crippen LogP contribution in [0.3, 0.4) is 0 Å². The molecular formula is C18H21ClSi. The number of halogens is 1. The normalized spacial score (nSPS) is 24.7. The minimum atomic E-state index is -1.83. The molecule has 0 amide bonds. The molecule has 0 unspecified atom stereocenters. The van der Waals surface area contributed by atoms with Crippen molar-refractivity contribution in [2.75, 3.05) is 0 Å². The summed E-state index contributed by atoms with van der Waals surface area (Å²) in [7, 11) is -1.83. The van der Waals surface area contributed by atoms with Gasteiger partial charge >= 0.3 is 0 Å². The van der Waals surface area contributed by atoms with Gasteiger partial charge in [-0.25, -0.2) is 0 Å². The van der Waals surface area contributed by atoms with Gasteiger partial charge in [-0.15, -0.1) is 0 Å². The van der Waals surface area contributed by atoms with Crippen molar-refractivity contribution >= 4 is 18.5 Å². The summed E-state index contributed by atoms with van der Waals surface area (Å²) in [5, 5.41) is 0. The Morgan fingerprint density at radius 1 is 0.850 bits per heavy atom. The molecule has 0 nitrogen and oxygen atoms in total. The summed E-state index contributed by atoms with van der Waals surface area (Å²) >= 11 is 7.30. The number of hydrogen-bond donors (Lipinski definition) is 0. The third kappa shape index (κ3) is 2.34. The summed E-state index contributed by atoms with van der Waals surface area (Å²) in [5.41, 5.74) is 4.10. The zero-order valence-electron chi connectivity index (χ0n) is 11.9. The summed E-state index contributed by atoms with van der Waals surface area (Å²) in [6.07, 6.45) is 2.49. The van der Waals surface area contributed by atoms with Crippen LogP contribution in [0.4, 0.5) is 0 Å². The summed E-state index contributed by atoms with van der Waals surface area (Å²) in [4.78, 5) is 0. The molecule has 0 radical (unpaired) electrons. The minimum absolute atomic E-state index is 0.598. The van der Waals surface area contributed by atoms with Gasteiger partial charge in [-0.2, -0.15) is 11.1 Å². The van der Waals surface area contributed by atoms with Crippen LogP contribution < -0.4 is 0 Å². The van der Waals surface area contributed by atoms with Crippen molar-refractivity contribution in [3.63, 3.8) is 0 Å². The second-order valence-electron chi connectivity index (χ2n) is 5.78. The van der Waals surface area contributed by atoms with Gasteiger partial charge in [0, 0.05) is 0 Å². The van der Waals surface area contributed by atoms with Crippen LogP contribution in [-0.2, 0) is 0 Å². The molecule has 0 spiro atoms. The van der Waals surface area contributed by atoms with Crippen molar-refractivity contribution in [2.45, 2.75) is 36.9 Å². The van der Waals surface area contributed by atoms with E-state index in [1.54, 1.807) is 0 Å². The van der Waals surface area contributed by atoms with E-state index in [9.17, 15) is 0 Å². The molecule has 1 aliphatic heterocycles. The molecule has 0 aromatic heterocycles. The number of rotatable bonds is 3. The molecule has 2 aromatic rings. The van der Waals surface area contributed by atoms with E-state index in [-0.39, 0.29) is 0 Å². The maximum Gasteiger partial charge on any atom is 0.170 e. The number of benzene rings is 2. The molecule has 1 aliphatic rings. The van der Waals surface area contributed by atoms with E-state index >= 15 is 0 Å². The zero-order valence-corrected chi connectivity index (χ0v) is 13.7.